The van der Waals surface area contributed by atoms with E-state index in [9.17, 15) is 9.18 Å². The molecule has 1 saturated carbocycles. The van der Waals surface area contributed by atoms with Crippen molar-refractivity contribution >= 4 is 5.91 Å². The Morgan fingerprint density at radius 2 is 2.12 bits per heavy atom. The maximum Gasteiger partial charge on any atom is 0.242 e. The Morgan fingerprint density at radius 1 is 1.47 bits per heavy atom. The summed E-state index contributed by atoms with van der Waals surface area (Å²) in [6.45, 7) is 0.268. The van der Waals surface area contributed by atoms with E-state index < -0.39 is 5.54 Å². The molecule has 0 unspecified atom stereocenters. The zero-order valence-electron chi connectivity index (χ0n) is 9.95. The molecule has 1 aromatic carbocycles. The fourth-order valence-corrected chi connectivity index (χ4v) is 2.11. The van der Waals surface area contributed by atoms with Gasteiger partial charge in [0.2, 0.25) is 5.91 Å². The van der Waals surface area contributed by atoms with E-state index in [1.807, 2.05) is 0 Å². The van der Waals surface area contributed by atoms with Crippen LogP contribution in [0.2, 0.25) is 0 Å². The number of carbonyl (C=O) groups excluding carboxylic acids is 1. The highest BCUT2D eigenvalue weighted by atomic mass is 19.1. The average Bonchev–Trinajstić information content (AvgIpc) is 2.28. The molecule has 0 spiro atoms. The van der Waals surface area contributed by atoms with Crippen LogP contribution in [0.15, 0.2) is 24.3 Å². The van der Waals surface area contributed by atoms with Crippen molar-refractivity contribution in [1.29, 1.82) is 0 Å². The predicted molar refractivity (Wildman–Crippen MR) is 63.6 cm³/mol. The van der Waals surface area contributed by atoms with Crippen molar-refractivity contribution in [2.75, 3.05) is 7.05 Å². The van der Waals surface area contributed by atoms with E-state index in [1.165, 1.54) is 11.0 Å². The lowest BCUT2D eigenvalue weighted by molar-refractivity contribution is -0.139. The molecule has 4 heteroatoms. The van der Waals surface area contributed by atoms with E-state index in [1.54, 1.807) is 25.2 Å². The van der Waals surface area contributed by atoms with Gasteiger partial charge in [-0.2, -0.15) is 0 Å². The van der Waals surface area contributed by atoms with Crippen molar-refractivity contribution in [3.63, 3.8) is 0 Å². The van der Waals surface area contributed by atoms with Gasteiger partial charge in [-0.15, -0.1) is 0 Å². The fourth-order valence-electron chi connectivity index (χ4n) is 2.11. The van der Waals surface area contributed by atoms with Crippen LogP contribution in [0.25, 0.3) is 0 Å². The molecule has 0 saturated heterocycles. The molecule has 2 N–H and O–H groups in total. The van der Waals surface area contributed by atoms with Crippen LogP contribution in [-0.2, 0) is 11.3 Å². The first-order valence-corrected chi connectivity index (χ1v) is 5.81. The van der Waals surface area contributed by atoms with Crippen LogP contribution in [-0.4, -0.2) is 23.4 Å². The zero-order chi connectivity index (χ0) is 12.5. The average molecular weight is 236 g/mol. The van der Waals surface area contributed by atoms with Gasteiger partial charge < -0.3 is 10.6 Å². The first-order chi connectivity index (χ1) is 8.03. The van der Waals surface area contributed by atoms with Crippen LogP contribution in [0.1, 0.15) is 24.8 Å². The molecule has 0 radical (unpaired) electrons. The molecule has 3 nitrogen and oxygen atoms in total. The molecule has 0 heterocycles. The highest BCUT2D eigenvalue weighted by Gasteiger charge is 2.41. The Kier molecular flexibility index (Phi) is 3.15. The fraction of sp³-hybridized carbons (Fsp3) is 0.462. The maximum atomic E-state index is 13.4. The molecule has 1 aliphatic rings. The van der Waals surface area contributed by atoms with Gasteiger partial charge in [-0.05, 0) is 25.3 Å². The molecule has 1 amide bonds. The topological polar surface area (TPSA) is 46.3 Å². The van der Waals surface area contributed by atoms with Crippen molar-refractivity contribution in [2.45, 2.75) is 31.3 Å². The molecule has 0 atom stereocenters. The maximum absolute atomic E-state index is 13.4. The Balaban J connectivity index is 2.04. The minimum absolute atomic E-state index is 0.0907. The summed E-state index contributed by atoms with van der Waals surface area (Å²) in [5, 5.41) is 0. The van der Waals surface area contributed by atoms with Crippen LogP contribution < -0.4 is 5.73 Å². The van der Waals surface area contributed by atoms with E-state index >= 15 is 0 Å². The van der Waals surface area contributed by atoms with Crippen LogP contribution in [0.3, 0.4) is 0 Å². The SMILES string of the molecule is CN(Cc1ccccc1F)C(=O)C1(N)CCC1. The lowest BCUT2D eigenvalue weighted by Crippen LogP contribution is -2.58. The molecule has 1 fully saturated rings. The van der Waals surface area contributed by atoms with E-state index in [-0.39, 0.29) is 18.3 Å². The summed E-state index contributed by atoms with van der Waals surface area (Å²) >= 11 is 0. The van der Waals surface area contributed by atoms with Crippen molar-refractivity contribution in [3.05, 3.63) is 35.6 Å². The van der Waals surface area contributed by atoms with E-state index in [0.29, 0.717) is 5.56 Å². The first-order valence-electron chi connectivity index (χ1n) is 5.81. The molecule has 0 aromatic heterocycles. The molecule has 2 rings (SSSR count). The van der Waals surface area contributed by atoms with Crippen molar-refractivity contribution in [1.82, 2.24) is 4.90 Å². The summed E-state index contributed by atoms with van der Waals surface area (Å²) in [5.74, 6) is -0.376. The lowest BCUT2D eigenvalue weighted by Gasteiger charge is -2.39. The van der Waals surface area contributed by atoms with Gasteiger partial charge in [-0.1, -0.05) is 18.2 Å². The van der Waals surface area contributed by atoms with Gasteiger partial charge in [0.15, 0.2) is 0 Å². The molecule has 17 heavy (non-hydrogen) atoms. The van der Waals surface area contributed by atoms with Gasteiger partial charge in [-0.3, -0.25) is 4.79 Å². The summed E-state index contributed by atoms with van der Waals surface area (Å²) in [7, 11) is 1.67. The highest BCUT2D eigenvalue weighted by molar-refractivity contribution is 5.86. The quantitative estimate of drug-likeness (QED) is 0.867. The van der Waals surface area contributed by atoms with Crippen molar-refractivity contribution in [2.24, 2.45) is 5.73 Å². The van der Waals surface area contributed by atoms with Crippen molar-refractivity contribution < 1.29 is 9.18 Å². The Morgan fingerprint density at radius 3 is 2.65 bits per heavy atom. The first kappa shape index (κ1) is 12.0. The number of hydrogen-bond donors (Lipinski definition) is 1. The number of halogens is 1. The third kappa shape index (κ3) is 2.31. The van der Waals surface area contributed by atoms with E-state index in [0.717, 1.165) is 19.3 Å². The summed E-state index contributed by atoms with van der Waals surface area (Å²) in [6.07, 6.45) is 2.46. The second-order valence-corrected chi connectivity index (χ2v) is 4.76. The number of benzene rings is 1. The summed E-state index contributed by atoms with van der Waals surface area (Å²) in [5.41, 5.74) is 5.77. The van der Waals surface area contributed by atoms with Crippen LogP contribution in [0.5, 0.6) is 0 Å². The minimum Gasteiger partial charge on any atom is -0.340 e. The molecule has 0 aliphatic heterocycles. The number of nitrogens with two attached hydrogens (primary N) is 1. The van der Waals surface area contributed by atoms with Gasteiger partial charge in [0.25, 0.3) is 0 Å². The van der Waals surface area contributed by atoms with E-state index in [4.69, 9.17) is 5.73 Å². The predicted octanol–water partition coefficient (Wildman–Crippen LogP) is 1.67. The lowest BCUT2D eigenvalue weighted by atomic mass is 9.76. The largest absolute Gasteiger partial charge is 0.340 e. The minimum atomic E-state index is -0.708. The summed E-state index contributed by atoms with van der Waals surface area (Å²) < 4.78 is 13.4. The third-order valence-electron chi connectivity index (χ3n) is 3.38. The highest BCUT2D eigenvalue weighted by Crippen LogP contribution is 2.31. The normalized spacial score (nSPS) is 17.4. The monoisotopic (exact) mass is 236 g/mol. The Bertz CT molecular complexity index is 429. The van der Waals surface area contributed by atoms with E-state index in [2.05, 4.69) is 0 Å². The van der Waals surface area contributed by atoms with Gasteiger partial charge in [0.1, 0.15) is 5.82 Å². The zero-order valence-corrected chi connectivity index (χ0v) is 9.95. The van der Waals surface area contributed by atoms with Gasteiger partial charge in [0.05, 0.1) is 5.54 Å². The number of carbonyl (C=O) groups is 1. The van der Waals surface area contributed by atoms with Crippen LogP contribution in [0, 0.1) is 5.82 Å². The molecule has 1 aromatic rings. The molecule has 92 valence electrons. The molecule has 1 aliphatic carbocycles. The number of likely N-dealkylation sites (N-methyl/N-ethyl adjacent to an activating group) is 1. The number of hydrogen-bond acceptors (Lipinski definition) is 2. The number of rotatable bonds is 3. The number of amides is 1. The molecule has 0 bridgehead atoms. The van der Waals surface area contributed by atoms with Crippen LogP contribution in [0.4, 0.5) is 4.39 Å². The molecular formula is C13H17FN2O. The van der Waals surface area contributed by atoms with Gasteiger partial charge in [0, 0.05) is 19.2 Å². The summed E-state index contributed by atoms with van der Waals surface area (Å²) in [6, 6.07) is 6.48. The van der Waals surface area contributed by atoms with Crippen LogP contribution >= 0.6 is 0 Å². The second-order valence-electron chi connectivity index (χ2n) is 4.76. The van der Waals surface area contributed by atoms with Crippen molar-refractivity contribution in [3.8, 4) is 0 Å². The third-order valence-corrected chi connectivity index (χ3v) is 3.38. The molecular weight excluding hydrogens is 219 g/mol. The second kappa shape index (κ2) is 4.45. The number of nitrogens with zero attached hydrogens (tertiary/aromatic N) is 1. The van der Waals surface area contributed by atoms with Gasteiger partial charge in [-0.25, -0.2) is 4.39 Å². The summed E-state index contributed by atoms with van der Waals surface area (Å²) in [4.78, 5) is 13.6. The van der Waals surface area contributed by atoms with Gasteiger partial charge >= 0.3 is 0 Å². The standard InChI is InChI=1S/C13H17FN2O/c1-16(12(17)13(15)7-4-8-13)9-10-5-2-3-6-11(10)14/h2-3,5-6H,4,7-9,15H2,1H3. The Hall–Kier alpha value is -1.42. The smallest absolute Gasteiger partial charge is 0.242 e. The Labute approximate surface area is 100 Å².